The van der Waals surface area contributed by atoms with E-state index in [1.165, 1.54) is 50.7 Å². The van der Waals surface area contributed by atoms with Crippen molar-refractivity contribution in [2.24, 2.45) is 0 Å². The second-order valence-electron chi connectivity index (χ2n) is 6.99. The standard InChI is InChI=1S/C19H32O6S2/c1-2-3-4-5-6-7-8-9-10-11-14-17-15-12-13-16-18(17)19(26(20,21)22)27(23,24)25/h12-13,15-16,19H,2-11,14H2,1H3,(H,20,21,22)(H,23,24,25). The van der Waals surface area contributed by atoms with Crippen LogP contribution in [0.3, 0.4) is 0 Å². The van der Waals surface area contributed by atoms with Crippen LogP contribution in [0.1, 0.15) is 86.8 Å². The Kier molecular flexibility index (Phi) is 10.5. The van der Waals surface area contributed by atoms with Crippen LogP contribution in [0.5, 0.6) is 0 Å². The zero-order chi connectivity index (χ0) is 20.3. The third-order valence-corrected chi connectivity index (χ3v) is 7.70. The van der Waals surface area contributed by atoms with Crippen LogP contribution in [0.15, 0.2) is 24.3 Å². The Bertz CT molecular complexity index is 724. The molecule has 0 aliphatic heterocycles. The summed E-state index contributed by atoms with van der Waals surface area (Å²) in [5.41, 5.74) is 0.427. The molecule has 0 aromatic heterocycles. The van der Waals surface area contributed by atoms with Crippen LogP contribution in [0.25, 0.3) is 0 Å². The minimum Gasteiger partial charge on any atom is -0.284 e. The van der Waals surface area contributed by atoms with Crippen molar-refractivity contribution in [3.05, 3.63) is 35.4 Å². The van der Waals surface area contributed by atoms with Gasteiger partial charge in [-0.3, -0.25) is 9.11 Å². The molecule has 8 heteroatoms. The molecule has 0 amide bonds. The summed E-state index contributed by atoms with van der Waals surface area (Å²) in [5, 5.41) is 0. The van der Waals surface area contributed by atoms with Crippen LogP contribution in [-0.4, -0.2) is 25.9 Å². The van der Waals surface area contributed by atoms with E-state index in [4.69, 9.17) is 0 Å². The van der Waals surface area contributed by atoms with Crippen LogP contribution >= 0.6 is 0 Å². The van der Waals surface area contributed by atoms with E-state index in [1.807, 2.05) is 0 Å². The predicted octanol–water partition coefficient (Wildman–Crippen LogP) is 4.92. The Hall–Kier alpha value is -0.960. The van der Waals surface area contributed by atoms with E-state index >= 15 is 0 Å². The summed E-state index contributed by atoms with van der Waals surface area (Å²) in [6, 6.07) is 6.12. The number of hydrogen-bond donors (Lipinski definition) is 2. The van der Waals surface area contributed by atoms with Crippen molar-refractivity contribution in [1.82, 2.24) is 0 Å². The second kappa shape index (κ2) is 11.8. The van der Waals surface area contributed by atoms with Crippen molar-refractivity contribution in [3.8, 4) is 0 Å². The zero-order valence-electron chi connectivity index (χ0n) is 16.0. The van der Waals surface area contributed by atoms with Crippen molar-refractivity contribution in [2.75, 3.05) is 0 Å². The maximum atomic E-state index is 11.5. The van der Waals surface area contributed by atoms with Crippen LogP contribution in [-0.2, 0) is 26.7 Å². The lowest BCUT2D eigenvalue weighted by Gasteiger charge is -2.15. The molecular formula is C19H32O6S2. The Morgan fingerprint density at radius 3 is 1.67 bits per heavy atom. The van der Waals surface area contributed by atoms with E-state index < -0.39 is 24.8 Å². The van der Waals surface area contributed by atoms with E-state index in [0.717, 1.165) is 25.7 Å². The highest BCUT2D eigenvalue weighted by atomic mass is 32.3. The van der Waals surface area contributed by atoms with E-state index in [1.54, 1.807) is 12.1 Å². The van der Waals surface area contributed by atoms with Gasteiger partial charge in [-0.25, -0.2) is 0 Å². The minimum absolute atomic E-state index is 0.0848. The highest BCUT2D eigenvalue weighted by Gasteiger charge is 2.38. The number of hydrogen-bond acceptors (Lipinski definition) is 4. The first kappa shape index (κ1) is 24.1. The van der Waals surface area contributed by atoms with Crippen molar-refractivity contribution < 1.29 is 25.9 Å². The smallest absolute Gasteiger partial charge is 0.284 e. The predicted molar refractivity (Wildman–Crippen MR) is 108 cm³/mol. The first-order valence-corrected chi connectivity index (χ1v) is 12.7. The molecule has 0 aliphatic carbocycles. The van der Waals surface area contributed by atoms with Crippen molar-refractivity contribution >= 4 is 20.2 Å². The molecule has 0 saturated heterocycles. The molecule has 0 unspecified atom stereocenters. The number of unbranched alkanes of at least 4 members (excludes halogenated alkanes) is 9. The summed E-state index contributed by atoms with van der Waals surface area (Å²) in [5.74, 6) is 0. The molecule has 1 aromatic carbocycles. The summed E-state index contributed by atoms with van der Waals surface area (Å²) in [7, 11) is -9.98. The highest BCUT2D eigenvalue weighted by molar-refractivity contribution is 8.03. The van der Waals surface area contributed by atoms with Crippen molar-refractivity contribution in [1.29, 1.82) is 0 Å². The average Bonchev–Trinajstić information content (AvgIpc) is 2.55. The lowest BCUT2D eigenvalue weighted by Crippen LogP contribution is -2.22. The molecule has 1 aromatic rings. The van der Waals surface area contributed by atoms with Gasteiger partial charge in [0.05, 0.1) is 0 Å². The number of aryl methyl sites for hydroxylation is 1. The molecule has 6 nitrogen and oxygen atoms in total. The zero-order valence-corrected chi connectivity index (χ0v) is 17.6. The summed E-state index contributed by atoms with van der Waals surface area (Å²) < 4.78 is 62.1. The molecule has 156 valence electrons. The number of benzene rings is 1. The van der Waals surface area contributed by atoms with Gasteiger partial charge in [0, 0.05) is 0 Å². The maximum Gasteiger partial charge on any atom is 0.289 e. The first-order valence-electron chi connectivity index (χ1n) is 9.68. The molecule has 1 rings (SSSR count). The van der Waals surface area contributed by atoms with E-state index in [2.05, 4.69) is 6.92 Å². The van der Waals surface area contributed by atoms with Gasteiger partial charge >= 0.3 is 0 Å². The van der Waals surface area contributed by atoms with Gasteiger partial charge in [0.1, 0.15) is 0 Å². The van der Waals surface area contributed by atoms with Gasteiger partial charge in [-0.05, 0) is 24.0 Å². The first-order chi connectivity index (χ1) is 12.7. The number of rotatable bonds is 14. The average molecular weight is 421 g/mol. The van der Waals surface area contributed by atoms with Gasteiger partial charge in [-0.15, -0.1) is 0 Å². The lowest BCUT2D eigenvalue weighted by molar-refractivity contribution is 0.456. The molecular weight excluding hydrogens is 388 g/mol. The molecule has 0 bridgehead atoms. The van der Waals surface area contributed by atoms with Crippen LogP contribution in [0.4, 0.5) is 0 Å². The highest BCUT2D eigenvalue weighted by Crippen LogP contribution is 2.30. The topological polar surface area (TPSA) is 109 Å². The fraction of sp³-hybridized carbons (Fsp3) is 0.684. The molecule has 0 spiro atoms. The molecule has 0 heterocycles. The quantitative estimate of drug-likeness (QED) is 0.326. The van der Waals surface area contributed by atoms with Crippen molar-refractivity contribution in [2.45, 2.75) is 82.1 Å². The molecule has 0 atom stereocenters. The SMILES string of the molecule is CCCCCCCCCCCCc1ccccc1C(S(=O)(=O)O)S(=O)(=O)O. The van der Waals surface area contributed by atoms with Gasteiger partial charge in [-0.1, -0.05) is 89.0 Å². The Morgan fingerprint density at radius 2 is 1.19 bits per heavy atom. The monoisotopic (exact) mass is 420 g/mol. The Labute approximate surface area is 163 Å². The molecule has 0 saturated carbocycles. The molecule has 0 aliphatic rings. The molecule has 0 radical (unpaired) electrons. The Morgan fingerprint density at radius 1 is 0.741 bits per heavy atom. The van der Waals surface area contributed by atoms with E-state index in [9.17, 15) is 25.9 Å². The van der Waals surface area contributed by atoms with E-state index in [-0.39, 0.29) is 5.56 Å². The third-order valence-electron chi connectivity index (χ3n) is 4.65. The summed E-state index contributed by atoms with van der Waals surface area (Å²) in [6.07, 6.45) is 12.1. The van der Waals surface area contributed by atoms with E-state index in [0.29, 0.717) is 12.0 Å². The largest absolute Gasteiger partial charge is 0.289 e. The normalized spacial score (nSPS) is 12.6. The third kappa shape index (κ3) is 9.19. The molecule has 27 heavy (non-hydrogen) atoms. The maximum absolute atomic E-state index is 11.5. The van der Waals surface area contributed by atoms with Crippen LogP contribution in [0, 0.1) is 0 Å². The fourth-order valence-electron chi connectivity index (χ4n) is 3.27. The Balaban J connectivity index is 2.54. The second-order valence-corrected chi connectivity index (χ2v) is 10.3. The summed E-state index contributed by atoms with van der Waals surface area (Å²) >= 11 is 0. The summed E-state index contributed by atoms with van der Waals surface area (Å²) in [4.78, 5) is 0. The van der Waals surface area contributed by atoms with Gasteiger partial charge < -0.3 is 0 Å². The van der Waals surface area contributed by atoms with Gasteiger partial charge in [0.25, 0.3) is 20.2 Å². The van der Waals surface area contributed by atoms with Crippen LogP contribution < -0.4 is 0 Å². The van der Waals surface area contributed by atoms with Crippen molar-refractivity contribution in [3.63, 3.8) is 0 Å². The van der Waals surface area contributed by atoms with Gasteiger partial charge in [0.15, 0.2) is 0 Å². The van der Waals surface area contributed by atoms with Gasteiger partial charge in [0.2, 0.25) is 4.58 Å². The van der Waals surface area contributed by atoms with Gasteiger partial charge in [-0.2, -0.15) is 16.8 Å². The lowest BCUT2D eigenvalue weighted by atomic mass is 10.0. The summed E-state index contributed by atoms with van der Waals surface area (Å²) in [6.45, 7) is 2.20. The minimum atomic E-state index is -4.99. The van der Waals surface area contributed by atoms with Crippen LogP contribution in [0.2, 0.25) is 0 Å². The molecule has 0 fully saturated rings. The fourth-order valence-corrected chi connectivity index (χ4v) is 5.60. The molecule has 2 N–H and O–H groups in total.